The van der Waals surface area contributed by atoms with Crippen molar-refractivity contribution < 1.29 is 0 Å². The van der Waals surface area contributed by atoms with Gasteiger partial charge in [0.1, 0.15) is 12.1 Å². The Morgan fingerprint density at radius 1 is 0.446 bits per heavy atom. The summed E-state index contributed by atoms with van der Waals surface area (Å²) in [6.45, 7) is 0. The summed E-state index contributed by atoms with van der Waals surface area (Å²) >= 11 is 3.67. The lowest BCUT2D eigenvalue weighted by Gasteiger charge is -2.30. The zero-order valence-corrected chi connectivity index (χ0v) is 32.0. The molecule has 56 heavy (non-hydrogen) atoms. The van der Waals surface area contributed by atoms with Crippen LogP contribution in [0.25, 0.3) is 95.3 Å². The Kier molecular flexibility index (Phi) is 6.84. The Hall–Kier alpha value is -6.44. The van der Waals surface area contributed by atoms with Crippen molar-refractivity contribution in [3.05, 3.63) is 144 Å². The summed E-state index contributed by atoms with van der Waals surface area (Å²) in [7, 11) is 0. The number of thiophene rings is 2. The van der Waals surface area contributed by atoms with Gasteiger partial charge >= 0.3 is 0 Å². The van der Waals surface area contributed by atoms with Crippen LogP contribution < -0.4 is 0 Å². The lowest BCUT2D eigenvalue weighted by Crippen LogP contribution is -2.16. The second kappa shape index (κ2) is 12.0. The number of rotatable bonds is 3. The number of nitrogens with zero attached hydrogens (tertiary/aromatic N) is 4. The molecule has 0 spiro atoms. The normalized spacial score (nSPS) is 14.0. The Morgan fingerprint density at radius 2 is 0.893 bits per heavy atom. The Morgan fingerprint density at radius 3 is 1.38 bits per heavy atom. The second-order valence-electron chi connectivity index (χ2n) is 15.2. The van der Waals surface area contributed by atoms with E-state index >= 15 is 0 Å². The molecule has 0 N–H and O–H groups in total. The minimum Gasteiger partial charge on any atom is -0.308 e. The highest BCUT2D eigenvalue weighted by atomic mass is 32.1. The lowest BCUT2D eigenvalue weighted by molar-refractivity contribution is 0.442. The summed E-state index contributed by atoms with van der Waals surface area (Å²) in [6.07, 6.45) is 5.44. The molecule has 12 rings (SSSR count). The molecular weight excluding hydrogens is 721 g/mol. The molecule has 1 aliphatic carbocycles. The van der Waals surface area contributed by atoms with Crippen LogP contribution in [0.1, 0.15) is 54.7 Å². The first-order valence-electron chi connectivity index (χ1n) is 19.4. The minimum absolute atomic E-state index is 0.165. The van der Waals surface area contributed by atoms with Crippen LogP contribution >= 0.6 is 22.7 Å². The van der Waals surface area contributed by atoms with E-state index in [2.05, 4.69) is 143 Å². The molecule has 4 nitrogen and oxygen atoms in total. The van der Waals surface area contributed by atoms with Gasteiger partial charge in [-0.3, -0.25) is 0 Å². The van der Waals surface area contributed by atoms with Crippen molar-refractivity contribution in [2.24, 2.45) is 0 Å². The topological polar surface area (TPSA) is 57.4 Å². The van der Waals surface area contributed by atoms with Gasteiger partial charge in [0, 0.05) is 67.5 Å². The Balaban J connectivity index is 1.29. The monoisotopic (exact) mass is 752 g/mol. The van der Waals surface area contributed by atoms with Gasteiger partial charge in [-0.2, -0.15) is 10.5 Å². The quantitative estimate of drug-likeness (QED) is 0.180. The van der Waals surface area contributed by atoms with E-state index in [0.29, 0.717) is 11.1 Å². The number of hydrogen-bond acceptors (Lipinski definition) is 4. The fourth-order valence-electron chi connectivity index (χ4n) is 10.1. The van der Waals surface area contributed by atoms with Gasteiger partial charge < -0.3 is 9.13 Å². The fraction of sp³-hybridized carbons (Fsp3) is 0.120. The molecule has 1 saturated carbocycles. The van der Waals surface area contributed by atoms with Gasteiger partial charge in [0.15, 0.2) is 0 Å². The molecule has 264 valence electrons. The summed E-state index contributed by atoms with van der Waals surface area (Å²) in [5, 5.41) is 32.1. The van der Waals surface area contributed by atoms with E-state index in [1.165, 1.54) is 68.3 Å². The van der Waals surface area contributed by atoms with Crippen LogP contribution in [0.4, 0.5) is 0 Å². The summed E-state index contributed by atoms with van der Waals surface area (Å²) in [5.74, 6) is 0.165. The van der Waals surface area contributed by atoms with Crippen molar-refractivity contribution in [2.75, 3.05) is 0 Å². The number of fused-ring (bicyclic) bond motifs is 14. The number of hydrogen-bond donors (Lipinski definition) is 0. The SMILES string of the molecule is N#Cc1cc(C#N)c(-n2c3ccccc3c3c4c(ccc32)sc2ccccc24)c(C2CCCCC2)c1-n1c2ccccc2c2c3c(ccc21)sc1ccccc13. The minimum atomic E-state index is 0.165. The standard InChI is InChI=1S/C50H32N4S2/c51-27-30-26-31(28-52)50(54-37-19-9-5-15-33(37)46-39(54)23-25-43-48(46)35-17-7-11-21-41(35)56-43)44(29-12-2-1-3-13-29)49(30)53-36-18-8-4-14-32(36)45-38(53)22-24-42-47(45)34-16-6-10-20-40(34)55-42/h4-11,14-26,29H,1-3,12-13H2. The zero-order chi connectivity index (χ0) is 37.1. The number of para-hydroxylation sites is 2. The fourth-order valence-corrected chi connectivity index (χ4v) is 12.4. The summed E-state index contributed by atoms with van der Waals surface area (Å²) in [6, 6.07) is 51.0. The lowest BCUT2D eigenvalue weighted by atomic mass is 9.80. The van der Waals surface area contributed by atoms with Crippen molar-refractivity contribution >= 4 is 107 Å². The number of nitriles is 2. The Labute approximate surface area is 330 Å². The van der Waals surface area contributed by atoms with Gasteiger partial charge in [0.25, 0.3) is 0 Å². The highest BCUT2D eigenvalue weighted by Gasteiger charge is 2.32. The van der Waals surface area contributed by atoms with Crippen molar-refractivity contribution in [1.29, 1.82) is 10.5 Å². The number of benzene rings is 7. The number of aromatic nitrogens is 2. The van der Waals surface area contributed by atoms with Gasteiger partial charge in [-0.05, 0) is 73.4 Å². The van der Waals surface area contributed by atoms with Crippen LogP contribution in [-0.2, 0) is 0 Å². The maximum atomic E-state index is 11.2. The predicted octanol–water partition coefficient (Wildman–Crippen LogP) is 14.4. The maximum Gasteiger partial charge on any atom is 0.101 e. The van der Waals surface area contributed by atoms with E-state index in [0.717, 1.165) is 64.7 Å². The smallest absolute Gasteiger partial charge is 0.101 e. The third-order valence-electron chi connectivity index (χ3n) is 12.4. The van der Waals surface area contributed by atoms with Crippen LogP contribution in [-0.4, -0.2) is 9.13 Å². The van der Waals surface area contributed by atoms with Gasteiger partial charge in [-0.15, -0.1) is 22.7 Å². The van der Waals surface area contributed by atoms with Crippen LogP contribution in [0.2, 0.25) is 0 Å². The Bertz CT molecular complexity index is 3330. The van der Waals surface area contributed by atoms with Crippen LogP contribution in [0.3, 0.4) is 0 Å². The van der Waals surface area contributed by atoms with Crippen LogP contribution in [0, 0.1) is 22.7 Å². The average Bonchev–Trinajstić information content (AvgIpc) is 4.00. The third-order valence-corrected chi connectivity index (χ3v) is 14.6. The van der Waals surface area contributed by atoms with E-state index < -0.39 is 0 Å². The molecular formula is C50H32N4S2. The van der Waals surface area contributed by atoms with Gasteiger partial charge in [0.2, 0.25) is 0 Å². The first-order valence-corrected chi connectivity index (χ1v) is 21.1. The van der Waals surface area contributed by atoms with Crippen molar-refractivity contribution in [2.45, 2.75) is 38.0 Å². The van der Waals surface area contributed by atoms with E-state index in [1.807, 2.05) is 28.7 Å². The van der Waals surface area contributed by atoms with Crippen LogP contribution in [0.5, 0.6) is 0 Å². The molecule has 0 atom stereocenters. The molecule has 1 aliphatic rings. The molecule has 7 aromatic carbocycles. The van der Waals surface area contributed by atoms with E-state index in [4.69, 9.17) is 0 Å². The third kappa shape index (κ3) is 4.26. The summed E-state index contributed by atoms with van der Waals surface area (Å²) in [4.78, 5) is 0. The second-order valence-corrected chi connectivity index (χ2v) is 17.4. The summed E-state index contributed by atoms with van der Waals surface area (Å²) < 4.78 is 9.81. The average molecular weight is 753 g/mol. The van der Waals surface area contributed by atoms with Crippen LogP contribution in [0.15, 0.2) is 127 Å². The van der Waals surface area contributed by atoms with Gasteiger partial charge in [-0.1, -0.05) is 92.1 Å². The molecule has 6 heteroatoms. The molecule has 11 aromatic rings. The predicted molar refractivity (Wildman–Crippen MR) is 236 cm³/mol. The molecule has 0 radical (unpaired) electrons. The summed E-state index contributed by atoms with van der Waals surface area (Å²) in [5.41, 5.74) is 8.31. The molecule has 0 bridgehead atoms. The largest absolute Gasteiger partial charge is 0.308 e. The molecule has 1 fully saturated rings. The molecule has 0 aliphatic heterocycles. The highest BCUT2D eigenvalue weighted by Crippen LogP contribution is 2.50. The van der Waals surface area contributed by atoms with Crippen molar-refractivity contribution in [3.63, 3.8) is 0 Å². The molecule has 4 heterocycles. The first-order chi connectivity index (χ1) is 27.7. The van der Waals surface area contributed by atoms with E-state index in [1.54, 1.807) is 0 Å². The maximum absolute atomic E-state index is 11.2. The van der Waals surface area contributed by atoms with Crippen molar-refractivity contribution in [3.8, 4) is 23.5 Å². The van der Waals surface area contributed by atoms with Gasteiger partial charge in [0.05, 0.1) is 44.6 Å². The zero-order valence-electron chi connectivity index (χ0n) is 30.3. The molecule has 0 amide bonds. The molecule has 4 aromatic heterocycles. The van der Waals surface area contributed by atoms with E-state index in [9.17, 15) is 10.5 Å². The highest BCUT2D eigenvalue weighted by molar-refractivity contribution is 7.26. The molecule has 0 saturated heterocycles. The van der Waals surface area contributed by atoms with E-state index in [-0.39, 0.29) is 5.92 Å². The first kappa shape index (κ1) is 31.9. The molecule has 0 unspecified atom stereocenters. The van der Waals surface area contributed by atoms with Crippen molar-refractivity contribution in [1.82, 2.24) is 9.13 Å². The van der Waals surface area contributed by atoms with Gasteiger partial charge in [-0.25, -0.2) is 0 Å².